The molecule has 150 valence electrons. The number of carbonyl (C=O) groups is 1. The molecule has 27 heavy (non-hydrogen) atoms. The second kappa shape index (κ2) is 7.60. The van der Waals surface area contributed by atoms with E-state index in [1.807, 2.05) is 12.1 Å². The van der Waals surface area contributed by atoms with Gasteiger partial charge in [0.25, 0.3) is 0 Å². The molecular formula is C19H25ClF3N3O. The van der Waals surface area contributed by atoms with Crippen LogP contribution in [0.2, 0.25) is 0 Å². The van der Waals surface area contributed by atoms with Crippen LogP contribution in [0, 0.1) is 5.92 Å². The third-order valence-electron chi connectivity index (χ3n) is 6.23. The summed E-state index contributed by atoms with van der Waals surface area (Å²) in [6, 6.07) is 6.51. The van der Waals surface area contributed by atoms with E-state index < -0.39 is 12.2 Å². The van der Waals surface area contributed by atoms with Crippen molar-refractivity contribution in [3.63, 3.8) is 0 Å². The molecule has 1 saturated heterocycles. The maximum Gasteiger partial charge on any atom is 0.405 e. The zero-order valence-corrected chi connectivity index (χ0v) is 15.8. The molecule has 4 rings (SSSR count). The summed E-state index contributed by atoms with van der Waals surface area (Å²) in [5.41, 5.74) is 2.36. The zero-order chi connectivity index (χ0) is 18.4. The molecule has 3 atom stereocenters. The molecule has 1 aromatic carbocycles. The van der Waals surface area contributed by atoms with Gasteiger partial charge in [0.05, 0.1) is 0 Å². The summed E-state index contributed by atoms with van der Waals surface area (Å²) in [7, 11) is 0. The van der Waals surface area contributed by atoms with Crippen molar-refractivity contribution < 1.29 is 18.0 Å². The number of rotatable bonds is 4. The van der Waals surface area contributed by atoms with Gasteiger partial charge in [0.1, 0.15) is 6.04 Å². The smallest absolute Gasteiger partial charge is 0.354 e. The second-order valence-corrected chi connectivity index (χ2v) is 7.66. The SMILES string of the molecule is Cl.O=C(NCC(N1CCNCC1)C(F)(F)F)C1CC12CCc1ccccc12. The minimum atomic E-state index is -4.34. The van der Waals surface area contributed by atoms with Crippen molar-refractivity contribution >= 4 is 18.3 Å². The number of benzene rings is 1. The highest BCUT2D eigenvalue weighted by molar-refractivity contribution is 5.85. The molecule has 0 radical (unpaired) electrons. The summed E-state index contributed by atoms with van der Waals surface area (Å²) in [6.45, 7) is 1.42. The minimum absolute atomic E-state index is 0. The summed E-state index contributed by atoms with van der Waals surface area (Å²) < 4.78 is 40.3. The van der Waals surface area contributed by atoms with Gasteiger partial charge in [-0.1, -0.05) is 24.3 Å². The number of fused-ring (bicyclic) bond motifs is 2. The molecule has 3 unspecified atom stereocenters. The first-order valence-electron chi connectivity index (χ1n) is 9.29. The number of halogens is 4. The third-order valence-corrected chi connectivity index (χ3v) is 6.23. The lowest BCUT2D eigenvalue weighted by molar-refractivity contribution is -0.184. The molecule has 0 bridgehead atoms. The summed E-state index contributed by atoms with van der Waals surface area (Å²) in [6.07, 6.45) is -1.72. The number of nitrogens with one attached hydrogen (secondary N) is 2. The van der Waals surface area contributed by atoms with Crippen LogP contribution in [0.4, 0.5) is 13.2 Å². The van der Waals surface area contributed by atoms with Crippen LogP contribution in [0.25, 0.3) is 0 Å². The fourth-order valence-electron chi connectivity index (χ4n) is 4.71. The van der Waals surface area contributed by atoms with E-state index in [1.165, 1.54) is 16.0 Å². The quantitative estimate of drug-likeness (QED) is 0.810. The first kappa shape index (κ1) is 20.4. The number of amides is 1. The Hall–Kier alpha value is -1.31. The van der Waals surface area contributed by atoms with Gasteiger partial charge in [-0.15, -0.1) is 12.4 Å². The number of aryl methyl sites for hydroxylation is 1. The monoisotopic (exact) mass is 403 g/mol. The number of hydrogen-bond acceptors (Lipinski definition) is 3. The maximum atomic E-state index is 13.4. The number of nitrogens with zero attached hydrogens (tertiary/aromatic N) is 1. The van der Waals surface area contributed by atoms with Crippen molar-refractivity contribution in [1.82, 2.24) is 15.5 Å². The van der Waals surface area contributed by atoms with Crippen LogP contribution in [-0.2, 0) is 16.6 Å². The Bertz CT molecular complexity index is 693. The molecule has 1 aromatic rings. The molecule has 2 fully saturated rings. The molecule has 4 nitrogen and oxygen atoms in total. The number of alkyl halides is 3. The van der Waals surface area contributed by atoms with Gasteiger partial charge in [0.2, 0.25) is 5.91 Å². The van der Waals surface area contributed by atoms with E-state index in [-0.39, 0.29) is 36.2 Å². The molecule has 1 amide bonds. The highest BCUT2D eigenvalue weighted by Gasteiger charge is 2.61. The highest BCUT2D eigenvalue weighted by atomic mass is 35.5. The zero-order valence-electron chi connectivity index (χ0n) is 15.0. The van der Waals surface area contributed by atoms with E-state index in [1.54, 1.807) is 0 Å². The molecule has 2 aliphatic carbocycles. The molecule has 1 heterocycles. The van der Waals surface area contributed by atoms with Gasteiger partial charge in [-0.2, -0.15) is 13.2 Å². The summed E-state index contributed by atoms with van der Waals surface area (Å²) in [5.74, 6) is -0.422. The van der Waals surface area contributed by atoms with Gasteiger partial charge in [0.15, 0.2) is 0 Å². The Balaban J connectivity index is 0.00000210. The van der Waals surface area contributed by atoms with Crippen LogP contribution in [0.15, 0.2) is 24.3 Å². The molecule has 0 aromatic heterocycles. The van der Waals surface area contributed by atoms with E-state index in [2.05, 4.69) is 22.8 Å². The number of piperazine rings is 1. The third kappa shape index (κ3) is 3.82. The Labute approximate surface area is 163 Å². The number of carbonyl (C=O) groups excluding carboxylic acids is 1. The first-order chi connectivity index (χ1) is 12.4. The lowest BCUT2D eigenvalue weighted by atomic mass is 9.95. The van der Waals surface area contributed by atoms with Crippen LogP contribution in [0.3, 0.4) is 0 Å². The Morgan fingerprint density at radius 3 is 2.70 bits per heavy atom. The highest BCUT2D eigenvalue weighted by Crippen LogP contribution is 2.61. The van der Waals surface area contributed by atoms with Crippen LogP contribution in [0.5, 0.6) is 0 Å². The predicted octanol–water partition coefficient (Wildman–Crippen LogP) is 2.26. The molecule has 1 saturated carbocycles. The lowest BCUT2D eigenvalue weighted by Crippen LogP contribution is -2.57. The van der Waals surface area contributed by atoms with E-state index in [0.29, 0.717) is 26.2 Å². The topological polar surface area (TPSA) is 44.4 Å². The van der Waals surface area contributed by atoms with Crippen molar-refractivity contribution in [2.45, 2.75) is 36.9 Å². The molecule has 2 N–H and O–H groups in total. The summed E-state index contributed by atoms with van der Waals surface area (Å²) in [4.78, 5) is 14.0. The lowest BCUT2D eigenvalue weighted by Gasteiger charge is -2.36. The fraction of sp³-hybridized carbons (Fsp3) is 0.632. The maximum absolute atomic E-state index is 13.4. The molecule has 8 heteroatoms. The Morgan fingerprint density at radius 1 is 1.30 bits per heavy atom. The van der Waals surface area contributed by atoms with E-state index in [9.17, 15) is 18.0 Å². The number of hydrogen-bond donors (Lipinski definition) is 2. The predicted molar refractivity (Wildman–Crippen MR) is 99.1 cm³/mol. The van der Waals surface area contributed by atoms with Gasteiger partial charge in [0, 0.05) is 44.1 Å². The van der Waals surface area contributed by atoms with Crippen molar-refractivity contribution in [2.75, 3.05) is 32.7 Å². The van der Waals surface area contributed by atoms with Crippen molar-refractivity contribution in [3.8, 4) is 0 Å². The second-order valence-electron chi connectivity index (χ2n) is 7.66. The largest absolute Gasteiger partial charge is 0.405 e. The van der Waals surface area contributed by atoms with Crippen LogP contribution >= 0.6 is 12.4 Å². The van der Waals surface area contributed by atoms with Crippen LogP contribution < -0.4 is 10.6 Å². The minimum Gasteiger partial charge on any atom is -0.354 e. The molecular weight excluding hydrogens is 379 g/mol. The first-order valence-corrected chi connectivity index (χ1v) is 9.29. The standard InChI is InChI=1S/C19H24F3N3O.ClH/c20-19(21,22)16(25-9-7-23-8-10-25)12-24-17(26)15-11-18(15)6-5-13-3-1-2-4-14(13)18;/h1-4,15-16,23H,5-12H2,(H,24,26);1H. The van der Waals surface area contributed by atoms with Crippen LogP contribution in [0.1, 0.15) is 24.0 Å². The molecule has 1 spiro atoms. The Morgan fingerprint density at radius 2 is 2.00 bits per heavy atom. The Kier molecular flexibility index (Phi) is 5.75. The van der Waals surface area contributed by atoms with Crippen molar-refractivity contribution in [3.05, 3.63) is 35.4 Å². The summed E-state index contributed by atoms with van der Waals surface area (Å²) in [5, 5.41) is 5.67. The van der Waals surface area contributed by atoms with E-state index in [0.717, 1.165) is 19.3 Å². The van der Waals surface area contributed by atoms with Gasteiger partial charge >= 0.3 is 6.18 Å². The van der Waals surface area contributed by atoms with Crippen LogP contribution in [-0.4, -0.2) is 55.7 Å². The fourth-order valence-corrected chi connectivity index (χ4v) is 4.71. The van der Waals surface area contributed by atoms with Gasteiger partial charge < -0.3 is 10.6 Å². The molecule has 1 aliphatic heterocycles. The normalized spacial score (nSPS) is 28.3. The van der Waals surface area contributed by atoms with Gasteiger partial charge in [-0.25, -0.2) is 0 Å². The average Bonchev–Trinajstić information content (AvgIpc) is 3.24. The van der Waals surface area contributed by atoms with Crippen molar-refractivity contribution in [2.24, 2.45) is 5.92 Å². The van der Waals surface area contributed by atoms with Gasteiger partial charge in [-0.05, 0) is 30.4 Å². The van der Waals surface area contributed by atoms with E-state index >= 15 is 0 Å². The molecule has 3 aliphatic rings. The van der Waals surface area contributed by atoms with Crippen molar-refractivity contribution in [1.29, 1.82) is 0 Å². The summed E-state index contributed by atoms with van der Waals surface area (Å²) >= 11 is 0. The van der Waals surface area contributed by atoms with Gasteiger partial charge in [-0.3, -0.25) is 9.69 Å². The van der Waals surface area contributed by atoms with E-state index in [4.69, 9.17) is 0 Å². The average molecular weight is 404 g/mol.